The van der Waals surface area contributed by atoms with Gasteiger partial charge in [-0.3, -0.25) is 9.36 Å². The van der Waals surface area contributed by atoms with Gasteiger partial charge in [-0.25, -0.2) is 9.97 Å². The number of carbonyl (C=O) groups excluding carboxylic acids is 1. The summed E-state index contributed by atoms with van der Waals surface area (Å²) in [4.78, 5) is 20.1. The Labute approximate surface area is 169 Å². The highest BCUT2D eigenvalue weighted by Gasteiger charge is 2.17. The molecular formula is C17H16ClN5O2S2. The Morgan fingerprint density at radius 1 is 1.15 bits per heavy atom. The van der Waals surface area contributed by atoms with Crippen LogP contribution in [0.25, 0.3) is 5.69 Å². The first-order valence-corrected chi connectivity index (χ1v) is 10.4. The van der Waals surface area contributed by atoms with E-state index < -0.39 is 0 Å². The Hall–Kier alpha value is -2.10. The van der Waals surface area contributed by atoms with Crippen molar-refractivity contribution in [3.63, 3.8) is 0 Å². The zero-order chi connectivity index (χ0) is 19.1. The Bertz CT molecular complexity index is 890. The molecule has 10 heteroatoms. The van der Waals surface area contributed by atoms with Gasteiger partial charge in [-0.2, -0.15) is 0 Å². The zero-order valence-electron chi connectivity index (χ0n) is 14.4. The number of rotatable bonds is 8. The van der Waals surface area contributed by atoms with E-state index in [0.29, 0.717) is 27.7 Å². The summed E-state index contributed by atoms with van der Waals surface area (Å²) in [6.45, 7) is 2.13. The van der Waals surface area contributed by atoms with Gasteiger partial charge in [0.2, 0.25) is 0 Å². The lowest BCUT2D eigenvalue weighted by Gasteiger charge is -2.10. The van der Waals surface area contributed by atoms with Crippen LogP contribution < -0.4 is 0 Å². The highest BCUT2D eigenvalue weighted by atomic mass is 35.5. The maximum absolute atomic E-state index is 11.7. The summed E-state index contributed by atoms with van der Waals surface area (Å²) in [6.07, 6.45) is 3.39. The number of thioether (sulfide) groups is 2. The normalized spacial score (nSPS) is 10.7. The molecule has 0 spiro atoms. The molecule has 2 heterocycles. The molecule has 2 aromatic heterocycles. The molecule has 3 aromatic rings. The molecule has 0 atom stereocenters. The lowest BCUT2D eigenvalue weighted by Crippen LogP contribution is -2.08. The second-order valence-electron chi connectivity index (χ2n) is 5.12. The van der Waals surface area contributed by atoms with Crippen LogP contribution in [0.4, 0.5) is 0 Å². The molecule has 3 rings (SSSR count). The zero-order valence-corrected chi connectivity index (χ0v) is 16.8. The SMILES string of the molecule is CCOC(=O)CSc1nnc(CSc2ncccn2)n1-c1ccc(Cl)cc1. The van der Waals surface area contributed by atoms with Gasteiger partial charge in [0.25, 0.3) is 0 Å². The molecule has 140 valence electrons. The Morgan fingerprint density at radius 3 is 2.59 bits per heavy atom. The largest absolute Gasteiger partial charge is 0.465 e. The molecule has 0 saturated heterocycles. The first-order chi connectivity index (χ1) is 13.2. The third-order valence-electron chi connectivity index (χ3n) is 3.28. The number of carbonyl (C=O) groups is 1. The fraction of sp³-hybridized carbons (Fsp3) is 0.235. The summed E-state index contributed by atoms with van der Waals surface area (Å²) < 4.78 is 6.88. The van der Waals surface area contributed by atoms with Crippen LogP contribution >= 0.6 is 35.1 Å². The molecule has 0 aliphatic heterocycles. The summed E-state index contributed by atoms with van der Waals surface area (Å²) >= 11 is 8.74. The van der Waals surface area contributed by atoms with Crippen LogP contribution in [0.1, 0.15) is 12.7 Å². The summed E-state index contributed by atoms with van der Waals surface area (Å²) in [5.74, 6) is 1.12. The maximum atomic E-state index is 11.7. The molecule has 0 saturated carbocycles. The molecule has 0 N–H and O–H groups in total. The van der Waals surface area contributed by atoms with Crippen LogP contribution in [0.3, 0.4) is 0 Å². The average molecular weight is 422 g/mol. The minimum absolute atomic E-state index is 0.161. The molecule has 0 amide bonds. The van der Waals surface area contributed by atoms with Gasteiger partial charge in [-0.15, -0.1) is 10.2 Å². The lowest BCUT2D eigenvalue weighted by molar-refractivity contribution is -0.139. The number of hydrogen-bond donors (Lipinski definition) is 0. The van der Waals surface area contributed by atoms with Crippen LogP contribution in [0, 0.1) is 0 Å². The molecule has 0 bridgehead atoms. The fourth-order valence-electron chi connectivity index (χ4n) is 2.15. The van der Waals surface area contributed by atoms with Gasteiger partial charge in [-0.1, -0.05) is 35.1 Å². The predicted molar refractivity (Wildman–Crippen MR) is 105 cm³/mol. The van der Waals surface area contributed by atoms with Crippen molar-refractivity contribution in [2.75, 3.05) is 12.4 Å². The minimum Gasteiger partial charge on any atom is -0.465 e. The standard InChI is InChI=1S/C17H16ClN5O2S2/c1-2-25-15(24)11-27-17-22-21-14(10-26-16-19-8-3-9-20-16)23(17)13-6-4-12(18)5-7-13/h3-9H,2,10-11H2,1H3. The van der Waals surface area contributed by atoms with Crippen molar-refractivity contribution in [2.45, 2.75) is 23.0 Å². The highest BCUT2D eigenvalue weighted by molar-refractivity contribution is 7.99. The Kier molecular flexibility index (Phi) is 7.08. The molecule has 27 heavy (non-hydrogen) atoms. The summed E-state index contributed by atoms with van der Waals surface area (Å²) in [5, 5.41) is 10.4. The molecule has 1 aromatic carbocycles. The van der Waals surface area contributed by atoms with E-state index in [2.05, 4.69) is 20.2 Å². The quantitative estimate of drug-likeness (QED) is 0.309. The Morgan fingerprint density at radius 2 is 1.89 bits per heavy atom. The molecule has 0 unspecified atom stereocenters. The first-order valence-electron chi connectivity index (χ1n) is 8.06. The lowest BCUT2D eigenvalue weighted by atomic mass is 10.3. The molecule has 0 radical (unpaired) electrons. The van der Waals surface area contributed by atoms with Crippen molar-refractivity contribution in [3.8, 4) is 5.69 Å². The van der Waals surface area contributed by atoms with Gasteiger partial charge in [0.05, 0.1) is 18.1 Å². The second kappa shape index (κ2) is 9.72. The third kappa shape index (κ3) is 5.44. The maximum Gasteiger partial charge on any atom is 0.316 e. The van der Waals surface area contributed by atoms with Crippen molar-refractivity contribution in [1.29, 1.82) is 0 Å². The monoisotopic (exact) mass is 421 g/mol. The van der Waals surface area contributed by atoms with E-state index >= 15 is 0 Å². The fourth-order valence-corrected chi connectivity index (χ4v) is 3.76. The second-order valence-corrected chi connectivity index (χ2v) is 7.45. The van der Waals surface area contributed by atoms with Crippen molar-refractivity contribution in [2.24, 2.45) is 0 Å². The van der Waals surface area contributed by atoms with E-state index in [1.165, 1.54) is 23.5 Å². The van der Waals surface area contributed by atoms with Gasteiger partial charge in [0.15, 0.2) is 10.3 Å². The number of benzene rings is 1. The van der Waals surface area contributed by atoms with Crippen molar-refractivity contribution >= 4 is 41.1 Å². The number of ether oxygens (including phenoxy) is 1. The van der Waals surface area contributed by atoms with Crippen molar-refractivity contribution in [1.82, 2.24) is 24.7 Å². The van der Waals surface area contributed by atoms with E-state index in [1.807, 2.05) is 16.7 Å². The van der Waals surface area contributed by atoms with Crippen LogP contribution in [-0.4, -0.2) is 43.1 Å². The molecule has 7 nitrogen and oxygen atoms in total. The third-order valence-corrected chi connectivity index (χ3v) is 5.31. The van der Waals surface area contributed by atoms with Gasteiger partial charge < -0.3 is 4.74 Å². The van der Waals surface area contributed by atoms with Crippen LogP contribution in [-0.2, 0) is 15.3 Å². The molecule has 0 aliphatic rings. The van der Waals surface area contributed by atoms with Gasteiger partial charge >= 0.3 is 5.97 Å². The van der Waals surface area contributed by atoms with Gasteiger partial charge in [0, 0.05) is 23.1 Å². The average Bonchev–Trinajstić information content (AvgIpc) is 3.09. The predicted octanol–water partition coefficient (Wildman–Crippen LogP) is 3.66. The van der Waals surface area contributed by atoms with E-state index in [9.17, 15) is 4.79 Å². The van der Waals surface area contributed by atoms with E-state index in [-0.39, 0.29) is 11.7 Å². The van der Waals surface area contributed by atoms with Gasteiger partial charge in [-0.05, 0) is 37.3 Å². The van der Waals surface area contributed by atoms with Crippen molar-refractivity contribution in [3.05, 3.63) is 53.6 Å². The van der Waals surface area contributed by atoms with E-state index in [0.717, 1.165) is 11.5 Å². The first kappa shape index (κ1) is 19.7. The summed E-state index contributed by atoms with van der Waals surface area (Å²) in [6, 6.07) is 9.13. The number of hydrogen-bond acceptors (Lipinski definition) is 8. The molecule has 0 fully saturated rings. The smallest absolute Gasteiger partial charge is 0.316 e. The van der Waals surface area contributed by atoms with E-state index in [1.54, 1.807) is 37.5 Å². The van der Waals surface area contributed by atoms with Crippen LogP contribution in [0.2, 0.25) is 5.02 Å². The number of halogens is 1. The van der Waals surface area contributed by atoms with Gasteiger partial charge in [0.1, 0.15) is 5.82 Å². The number of aromatic nitrogens is 5. The van der Waals surface area contributed by atoms with Crippen molar-refractivity contribution < 1.29 is 9.53 Å². The topological polar surface area (TPSA) is 82.8 Å². The summed E-state index contributed by atoms with van der Waals surface area (Å²) in [7, 11) is 0. The van der Waals surface area contributed by atoms with Crippen LogP contribution in [0.15, 0.2) is 53.0 Å². The minimum atomic E-state index is -0.290. The highest BCUT2D eigenvalue weighted by Crippen LogP contribution is 2.26. The Balaban J connectivity index is 1.83. The molecular weight excluding hydrogens is 406 g/mol. The number of nitrogens with zero attached hydrogens (tertiary/aromatic N) is 5. The number of esters is 1. The van der Waals surface area contributed by atoms with Crippen LogP contribution in [0.5, 0.6) is 0 Å². The summed E-state index contributed by atoms with van der Waals surface area (Å²) in [5.41, 5.74) is 0.861. The molecule has 0 aliphatic carbocycles. The van der Waals surface area contributed by atoms with E-state index in [4.69, 9.17) is 16.3 Å².